The highest BCUT2D eigenvalue weighted by Gasteiger charge is 2.23. The minimum Gasteiger partial charge on any atom is -0.486 e. The van der Waals surface area contributed by atoms with Gasteiger partial charge in [0.1, 0.15) is 23.9 Å². The van der Waals surface area contributed by atoms with Crippen molar-refractivity contribution in [2.75, 3.05) is 13.2 Å². The van der Waals surface area contributed by atoms with Gasteiger partial charge in [-0.3, -0.25) is 9.36 Å². The predicted octanol–water partition coefficient (Wildman–Crippen LogP) is 3.79. The molecule has 26 heavy (non-hydrogen) atoms. The highest BCUT2D eigenvalue weighted by molar-refractivity contribution is 7.18. The summed E-state index contributed by atoms with van der Waals surface area (Å²) in [5.41, 5.74) is 3.26. The maximum atomic E-state index is 12.9. The van der Waals surface area contributed by atoms with Crippen molar-refractivity contribution < 1.29 is 9.47 Å². The molecule has 2 aliphatic rings. The Balaban J connectivity index is 1.63. The number of nitrogens with zero attached hydrogens (tertiary/aromatic N) is 2. The fourth-order valence-corrected chi connectivity index (χ4v) is 4.63. The van der Waals surface area contributed by atoms with Crippen LogP contribution < -0.4 is 15.0 Å². The van der Waals surface area contributed by atoms with E-state index in [1.165, 1.54) is 0 Å². The number of hydrogen-bond donors (Lipinski definition) is 0. The molecule has 0 saturated heterocycles. The third-order valence-electron chi connectivity index (χ3n) is 5.09. The first-order valence-electron chi connectivity index (χ1n) is 8.73. The Morgan fingerprint density at radius 1 is 1.19 bits per heavy atom. The number of allylic oxidation sites excluding steroid dienone is 1. The molecule has 5 rings (SSSR count). The van der Waals surface area contributed by atoms with E-state index < -0.39 is 0 Å². The Labute approximate surface area is 154 Å². The first-order chi connectivity index (χ1) is 12.6. The molecule has 0 saturated carbocycles. The van der Waals surface area contributed by atoms with E-state index in [0.29, 0.717) is 19.8 Å². The van der Waals surface area contributed by atoms with Gasteiger partial charge in [0, 0.05) is 11.4 Å². The minimum atomic E-state index is 0.0809. The van der Waals surface area contributed by atoms with Crippen LogP contribution in [-0.2, 0) is 6.54 Å². The Hall–Kier alpha value is -2.60. The molecule has 2 aromatic heterocycles. The summed E-state index contributed by atoms with van der Waals surface area (Å²) >= 11 is 1.60. The van der Waals surface area contributed by atoms with Crippen molar-refractivity contribution in [1.29, 1.82) is 0 Å². The molecule has 0 radical (unpaired) electrons. The third kappa shape index (κ3) is 2.29. The summed E-state index contributed by atoms with van der Waals surface area (Å²) in [6, 6.07) is 5.94. The first kappa shape index (κ1) is 15.6. The molecule has 0 fully saturated rings. The average Bonchev–Trinajstić information content (AvgIpc) is 3.17. The van der Waals surface area contributed by atoms with Gasteiger partial charge in [-0.15, -0.1) is 11.3 Å². The van der Waals surface area contributed by atoms with E-state index in [1.54, 1.807) is 11.3 Å². The number of benzene rings is 1. The van der Waals surface area contributed by atoms with E-state index in [4.69, 9.17) is 14.5 Å². The Morgan fingerprint density at radius 2 is 2.00 bits per heavy atom. The Kier molecular flexibility index (Phi) is 3.43. The zero-order chi connectivity index (χ0) is 17.8. The van der Waals surface area contributed by atoms with E-state index in [1.807, 2.05) is 36.6 Å². The monoisotopic (exact) mass is 366 g/mol. The number of fused-ring (bicyclic) bond motifs is 3. The maximum Gasteiger partial charge on any atom is 0.262 e. The fraction of sp³-hybridized carbons (Fsp3) is 0.300. The lowest BCUT2D eigenvalue weighted by Gasteiger charge is -2.18. The largest absolute Gasteiger partial charge is 0.486 e. The number of ether oxygens (including phenoxy) is 2. The number of hydrogen-bond acceptors (Lipinski definition) is 5. The summed E-state index contributed by atoms with van der Waals surface area (Å²) in [7, 11) is 0. The van der Waals surface area contributed by atoms with Gasteiger partial charge in [0.05, 0.1) is 5.39 Å². The second kappa shape index (κ2) is 5.71. The zero-order valence-corrected chi connectivity index (χ0v) is 15.5. The van der Waals surface area contributed by atoms with Crippen LogP contribution in [-0.4, -0.2) is 22.8 Å². The number of rotatable bonds is 1. The maximum absolute atomic E-state index is 12.9. The summed E-state index contributed by atoms with van der Waals surface area (Å²) in [6.07, 6.45) is 2.91. The molecule has 0 aliphatic carbocycles. The fourth-order valence-electron chi connectivity index (χ4n) is 3.61. The summed E-state index contributed by atoms with van der Waals surface area (Å²) < 4.78 is 13.1. The molecule has 3 aromatic rings. The van der Waals surface area contributed by atoms with Crippen LogP contribution in [0.4, 0.5) is 0 Å². The summed E-state index contributed by atoms with van der Waals surface area (Å²) in [4.78, 5) is 19.7. The lowest BCUT2D eigenvalue weighted by Crippen LogP contribution is -2.20. The van der Waals surface area contributed by atoms with Crippen molar-refractivity contribution in [3.63, 3.8) is 0 Å². The normalized spacial score (nSPS) is 17.1. The van der Waals surface area contributed by atoms with Crippen LogP contribution in [0, 0.1) is 13.8 Å². The van der Waals surface area contributed by atoms with Gasteiger partial charge in [-0.2, -0.15) is 0 Å². The molecule has 0 amide bonds. The lowest BCUT2D eigenvalue weighted by molar-refractivity contribution is 0.171. The van der Waals surface area contributed by atoms with Crippen molar-refractivity contribution in [3.8, 4) is 11.5 Å². The quantitative estimate of drug-likeness (QED) is 0.657. The smallest absolute Gasteiger partial charge is 0.262 e. The van der Waals surface area contributed by atoms with Crippen LogP contribution >= 0.6 is 11.3 Å². The molecule has 6 heteroatoms. The lowest BCUT2D eigenvalue weighted by atomic mass is 10.1. The van der Waals surface area contributed by atoms with Gasteiger partial charge in [0.2, 0.25) is 0 Å². The highest BCUT2D eigenvalue weighted by atomic mass is 32.1. The summed E-state index contributed by atoms with van der Waals surface area (Å²) in [6.45, 7) is 5.89. The van der Waals surface area contributed by atoms with E-state index in [-0.39, 0.29) is 5.56 Å². The molecule has 0 unspecified atom stereocenters. The topological polar surface area (TPSA) is 53.4 Å². The predicted molar refractivity (Wildman–Crippen MR) is 103 cm³/mol. The van der Waals surface area contributed by atoms with Crippen LogP contribution in [0.3, 0.4) is 0 Å². The molecule has 2 aliphatic heterocycles. The van der Waals surface area contributed by atoms with Gasteiger partial charge in [-0.25, -0.2) is 4.98 Å². The molecule has 4 heterocycles. The van der Waals surface area contributed by atoms with Gasteiger partial charge in [-0.05, 0) is 55.2 Å². The van der Waals surface area contributed by atoms with Crippen LogP contribution in [0.2, 0.25) is 0 Å². The molecule has 0 bridgehead atoms. The second-order valence-electron chi connectivity index (χ2n) is 6.68. The van der Waals surface area contributed by atoms with E-state index in [9.17, 15) is 4.79 Å². The van der Waals surface area contributed by atoms with Gasteiger partial charge in [-0.1, -0.05) is 6.07 Å². The van der Waals surface area contributed by atoms with Crippen LogP contribution in [0.1, 0.15) is 28.2 Å². The van der Waals surface area contributed by atoms with E-state index in [2.05, 4.69) is 6.08 Å². The number of thiophene rings is 1. The van der Waals surface area contributed by atoms with Gasteiger partial charge in [0.25, 0.3) is 5.56 Å². The molecule has 0 atom stereocenters. The van der Waals surface area contributed by atoms with Gasteiger partial charge < -0.3 is 9.47 Å². The highest BCUT2D eigenvalue weighted by Crippen LogP contribution is 2.34. The van der Waals surface area contributed by atoms with Crippen LogP contribution in [0.15, 0.2) is 23.0 Å². The molecule has 132 valence electrons. The standard InChI is InChI=1S/C20H18N2O3S/c1-11-12(2)26-19-17(11)20(23)22-6-5-14(18(22)21-19)9-13-3-4-15-16(10-13)25-8-7-24-15/h3-4,9-10H,5-8H2,1-2H3/b14-9-. The molecular formula is C20H18N2O3S. The minimum absolute atomic E-state index is 0.0809. The second-order valence-corrected chi connectivity index (χ2v) is 7.88. The van der Waals surface area contributed by atoms with Crippen molar-refractivity contribution in [2.45, 2.75) is 26.8 Å². The summed E-state index contributed by atoms with van der Waals surface area (Å²) in [5, 5.41) is 0.775. The molecule has 5 nitrogen and oxygen atoms in total. The molecule has 0 spiro atoms. The van der Waals surface area contributed by atoms with Crippen molar-refractivity contribution in [1.82, 2.24) is 9.55 Å². The molecular weight excluding hydrogens is 348 g/mol. The molecule has 1 aromatic carbocycles. The van der Waals surface area contributed by atoms with Crippen molar-refractivity contribution in [2.24, 2.45) is 0 Å². The van der Waals surface area contributed by atoms with Gasteiger partial charge in [0.15, 0.2) is 11.5 Å². The van der Waals surface area contributed by atoms with Gasteiger partial charge >= 0.3 is 0 Å². The van der Waals surface area contributed by atoms with E-state index >= 15 is 0 Å². The van der Waals surface area contributed by atoms with Crippen molar-refractivity contribution in [3.05, 3.63) is 50.4 Å². The number of aromatic nitrogens is 2. The first-order valence-corrected chi connectivity index (χ1v) is 9.54. The van der Waals surface area contributed by atoms with Crippen molar-refractivity contribution >= 4 is 33.2 Å². The van der Waals surface area contributed by atoms with Crippen LogP contribution in [0.5, 0.6) is 11.5 Å². The number of aryl methyl sites for hydroxylation is 2. The summed E-state index contributed by atoms with van der Waals surface area (Å²) in [5.74, 6) is 2.35. The molecule has 0 N–H and O–H groups in total. The average molecular weight is 366 g/mol. The Morgan fingerprint density at radius 3 is 2.85 bits per heavy atom. The van der Waals surface area contributed by atoms with E-state index in [0.717, 1.165) is 55.5 Å². The SMILES string of the molecule is Cc1sc2nc3n(c(=O)c2c1C)CC/C3=C/c1ccc2c(c1)OCCO2. The zero-order valence-electron chi connectivity index (χ0n) is 14.7. The third-order valence-corrected chi connectivity index (χ3v) is 6.19. The Bertz CT molecular complexity index is 1140. The van der Waals surface area contributed by atoms with Crippen LogP contribution in [0.25, 0.3) is 21.9 Å².